The Bertz CT molecular complexity index is 697. The smallest absolute Gasteiger partial charge is 0.193 e. The van der Waals surface area contributed by atoms with Crippen LogP contribution in [0.15, 0.2) is 29.3 Å². The zero-order valence-corrected chi connectivity index (χ0v) is 16.4. The summed E-state index contributed by atoms with van der Waals surface area (Å²) in [7, 11) is -1.32. The van der Waals surface area contributed by atoms with E-state index in [1.807, 2.05) is 36.1 Å². The number of aryl methyl sites for hydroxylation is 1. The largest absolute Gasteiger partial charge is 0.494 e. The van der Waals surface area contributed by atoms with E-state index in [4.69, 9.17) is 4.74 Å². The minimum Gasteiger partial charge on any atom is -0.494 e. The molecule has 0 aliphatic carbocycles. The molecular weight excluding hydrogens is 338 g/mol. The number of ether oxygens (including phenoxy) is 1. The molecule has 1 aliphatic heterocycles. The third-order valence-corrected chi connectivity index (χ3v) is 6.98. The topological polar surface area (TPSA) is 71.0 Å². The first-order valence-corrected chi connectivity index (χ1v) is 10.3. The van der Waals surface area contributed by atoms with Crippen LogP contribution in [0.1, 0.15) is 25.8 Å². The molecular formula is C18H29N3O3S. The van der Waals surface area contributed by atoms with Gasteiger partial charge in [0, 0.05) is 26.7 Å². The van der Waals surface area contributed by atoms with Crippen LogP contribution in [-0.4, -0.2) is 63.1 Å². The molecule has 0 bridgehead atoms. The molecule has 0 radical (unpaired) electrons. The number of sulfone groups is 1. The average Bonchev–Trinajstić information content (AvgIpc) is 2.55. The summed E-state index contributed by atoms with van der Waals surface area (Å²) in [5, 5.41) is 3.30. The average molecular weight is 368 g/mol. The standard InChI is InChI=1S/C18H29N3O3S/c1-15-6-8-16(9-7-15)24-12-5-10-20-17(19-4)21-11-13-25(22,23)18(2,3)14-21/h6-9H,5,10-14H2,1-4H3,(H,19,20). The van der Waals surface area contributed by atoms with Crippen molar-refractivity contribution in [1.82, 2.24) is 10.2 Å². The second-order valence-electron chi connectivity index (χ2n) is 6.99. The van der Waals surface area contributed by atoms with Gasteiger partial charge in [-0.05, 0) is 39.3 Å². The number of hydrogen-bond donors (Lipinski definition) is 1. The van der Waals surface area contributed by atoms with Crippen molar-refractivity contribution in [2.24, 2.45) is 4.99 Å². The molecule has 2 rings (SSSR count). The summed E-state index contributed by atoms with van der Waals surface area (Å²) in [5.41, 5.74) is 1.21. The second kappa shape index (κ2) is 8.08. The van der Waals surface area contributed by atoms with Crippen molar-refractivity contribution in [2.75, 3.05) is 39.0 Å². The molecule has 1 heterocycles. The number of benzene rings is 1. The van der Waals surface area contributed by atoms with E-state index < -0.39 is 14.6 Å². The van der Waals surface area contributed by atoms with Crippen LogP contribution >= 0.6 is 0 Å². The SMILES string of the molecule is CN=C(NCCCOc1ccc(C)cc1)N1CCS(=O)(=O)C(C)(C)C1. The van der Waals surface area contributed by atoms with Crippen LogP contribution in [0.3, 0.4) is 0 Å². The van der Waals surface area contributed by atoms with Crippen LogP contribution in [0.2, 0.25) is 0 Å². The van der Waals surface area contributed by atoms with Crippen molar-refractivity contribution in [2.45, 2.75) is 31.9 Å². The molecule has 1 saturated heterocycles. The normalized spacial score (nSPS) is 19.5. The third-order valence-electron chi connectivity index (χ3n) is 4.45. The molecule has 6 nitrogen and oxygen atoms in total. The number of nitrogens with one attached hydrogen (secondary N) is 1. The quantitative estimate of drug-likeness (QED) is 0.489. The number of guanidine groups is 1. The molecule has 1 N–H and O–H groups in total. The fourth-order valence-electron chi connectivity index (χ4n) is 2.75. The number of rotatable bonds is 5. The van der Waals surface area contributed by atoms with Gasteiger partial charge in [-0.2, -0.15) is 0 Å². The summed E-state index contributed by atoms with van der Waals surface area (Å²) in [6, 6.07) is 8.00. The van der Waals surface area contributed by atoms with Crippen molar-refractivity contribution in [1.29, 1.82) is 0 Å². The Morgan fingerprint density at radius 3 is 2.60 bits per heavy atom. The predicted octanol–water partition coefficient (Wildman–Crippen LogP) is 1.85. The fourth-order valence-corrected chi connectivity index (χ4v) is 4.12. The maximum absolute atomic E-state index is 12.1. The van der Waals surface area contributed by atoms with Crippen molar-refractivity contribution in [3.8, 4) is 5.75 Å². The molecule has 0 unspecified atom stereocenters. The van der Waals surface area contributed by atoms with E-state index >= 15 is 0 Å². The van der Waals surface area contributed by atoms with E-state index in [0.717, 1.165) is 24.7 Å². The Balaban J connectivity index is 1.76. The Labute approximate surface area is 151 Å². The first-order chi connectivity index (χ1) is 11.7. The van der Waals surface area contributed by atoms with Gasteiger partial charge in [-0.1, -0.05) is 17.7 Å². The lowest BCUT2D eigenvalue weighted by atomic mass is 10.2. The van der Waals surface area contributed by atoms with Crippen LogP contribution in [0.25, 0.3) is 0 Å². The van der Waals surface area contributed by atoms with Gasteiger partial charge < -0.3 is 15.0 Å². The van der Waals surface area contributed by atoms with Gasteiger partial charge in [0.05, 0.1) is 17.1 Å². The van der Waals surface area contributed by atoms with Gasteiger partial charge in [-0.15, -0.1) is 0 Å². The van der Waals surface area contributed by atoms with Gasteiger partial charge in [0.25, 0.3) is 0 Å². The van der Waals surface area contributed by atoms with E-state index in [0.29, 0.717) is 19.7 Å². The van der Waals surface area contributed by atoms with Gasteiger partial charge >= 0.3 is 0 Å². The van der Waals surface area contributed by atoms with Crippen molar-refractivity contribution in [3.63, 3.8) is 0 Å². The third kappa shape index (κ3) is 5.11. The predicted molar refractivity (Wildman–Crippen MR) is 102 cm³/mol. The van der Waals surface area contributed by atoms with E-state index in [1.54, 1.807) is 20.9 Å². The van der Waals surface area contributed by atoms with Crippen LogP contribution in [0.4, 0.5) is 0 Å². The highest BCUT2D eigenvalue weighted by atomic mass is 32.2. The number of nitrogens with zero attached hydrogens (tertiary/aromatic N) is 2. The molecule has 140 valence electrons. The number of aliphatic imine (C=N–C) groups is 1. The Kier molecular flexibility index (Phi) is 6.32. The first-order valence-electron chi connectivity index (χ1n) is 8.62. The minimum absolute atomic E-state index is 0.164. The van der Waals surface area contributed by atoms with Crippen molar-refractivity contribution >= 4 is 15.8 Å². The van der Waals surface area contributed by atoms with Crippen molar-refractivity contribution < 1.29 is 13.2 Å². The molecule has 1 aliphatic rings. The molecule has 1 aromatic carbocycles. The lowest BCUT2D eigenvalue weighted by Crippen LogP contribution is -2.57. The lowest BCUT2D eigenvalue weighted by molar-refractivity contribution is 0.308. The molecule has 0 aromatic heterocycles. The molecule has 25 heavy (non-hydrogen) atoms. The Hall–Kier alpha value is -1.76. The molecule has 1 aromatic rings. The van der Waals surface area contributed by atoms with Gasteiger partial charge in [0.15, 0.2) is 15.8 Å². The summed E-state index contributed by atoms with van der Waals surface area (Å²) in [4.78, 5) is 6.30. The molecule has 0 amide bonds. The summed E-state index contributed by atoms with van der Waals surface area (Å²) in [6.45, 7) is 7.87. The number of hydrogen-bond acceptors (Lipinski definition) is 4. The highest BCUT2D eigenvalue weighted by Crippen LogP contribution is 2.23. The molecule has 0 spiro atoms. The van der Waals surface area contributed by atoms with Crippen LogP contribution < -0.4 is 10.1 Å². The Morgan fingerprint density at radius 1 is 1.32 bits per heavy atom. The highest BCUT2D eigenvalue weighted by Gasteiger charge is 2.40. The van der Waals surface area contributed by atoms with Crippen LogP contribution in [-0.2, 0) is 9.84 Å². The molecule has 0 atom stereocenters. The van der Waals surface area contributed by atoms with E-state index in [9.17, 15) is 8.42 Å². The fraction of sp³-hybridized carbons (Fsp3) is 0.611. The zero-order chi connectivity index (χ0) is 18.5. The first kappa shape index (κ1) is 19.6. The summed E-state index contributed by atoms with van der Waals surface area (Å²) >= 11 is 0. The van der Waals surface area contributed by atoms with E-state index in [-0.39, 0.29) is 5.75 Å². The maximum Gasteiger partial charge on any atom is 0.193 e. The summed E-state index contributed by atoms with van der Waals surface area (Å²) in [6.07, 6.45) is 0.836. The highest BCUT2D eigenvalue weighted by molar-refractivity contribution is 7.92. The van der Waals surface area contributed by atoms with Gasteiger partial charge in [0.2, 0.25) is 0 Å². The van der Waals surface area contributed by atoms with E-state index in [1.165, 1.54) is 5.56 Å². The van der Waals surface area contributed by atoms with Crippen molar-refractivity contribution in [3.05, 3.63) is 29.8 Å². The summed E-state index contributed by atoms with van der Waals surface area (Å²) < 4.78 is 29.2. The van der Waals surface area contributed by atoms with Crippen LogP contribution in [0.5, 0.6) is 5.75 Å². The van der Waals surface area contributed by atoms with Gasteiger partial charge in [-0.3, -0.25) is 4.99 Å². The Morgan fingerprint density at radius 2 is 2.00 bits per heavy atom. The van der Waals surface area contributed by atoms with Crippen LogP contribution in [0, 0.1) is 6.92 Å². The minimum atomic E-state index is -3.04. The molecule has 1 fully saturated rings. The second-order valence-corrected chi connectivity index (χ2v) is 9.73. The van der Waals surface area contributed by atoms with E-state index in [2.05, 4.69) is 10.3 Å². The lowest BCUT2D eigenvalue weighted by Gasteiger charge is -2.39. The van der Waals surface area contributed by atoms with Gasteiger partial charge in [-0.25, -0.2) is 8.42 Å². The molecule has 0 saturated carbocycles. The molecule has 7 heteroatoms. The summed E-state index contributed by atoms with van der Waals surface area (Å²) in [5.74, 6) is 1.79. The zero-order valence-electron chi connectivity index (χ0n) is 15.6. The monoisotopic (exact) mass is 367 g/mol. The maximum atomic E-state index is 12.1. The van der Waals surface area contributed by atoms with Gasteiger partial charge in [0.1, 0.15) is 5.75 Å².